The van der Waals surface area contributed by atoms with Crippen LogP contribution in [0.4, 0.5) is 24.5 Å². The van der Waals surface area contributed by atoms with Gasteiger partial charge in [-0.15, -0.1) is 0 Å². The van der Waals surface area contributed by atoms with E-state index in [1.807, 2.05) is 0 Å². The first kappa shape index (κ1) is 22.7. The Morgan fingerprint density at radius 2 is 1.81 bits per heavy atom. The molecule has 0 radical (unpaired) electrons. The van der Waals surface area contributed by atoms with Gasteiger partial charge >= 0.3 is 5.51 Å². The summed E-state index contributed by atoms with van der Waals surface area (Å²) in [7, 11) is 1.44. The van der Waals surface area contributed by atoms with Gasteiger partial charge in [-0.25, -0.2) is 0 Å². The standard InChI is InChI=1S/C21H20F3N3O3S/c1-13-11-18(28)25-16-5-3-4-6-17(16)27(13)19(29)12-26(2)20(30)14-7-9-15(10-8-14)31-21(22,23)24/h3-10,13H,11-12H2,1-2H3,(H,25,28)/t13-/m1/s1. The third-order valence-electron chi connectivity index (χ3n) is 4.68. The molecule has 0 spiro atoms. The first-order valence-electron chi connectivity index (χ1n) is 9.37. The molecule has 1 atom stereocenters. The molecule has 1 aliphatic rings. The Morgan fingerprint density at radius 3 is 2.45 bits per heavy atom. The maximum Gasteiger partial charge on any atom is 0.446 e. The van der Waals surface area contributed by atoms with E-state index in [0.717, 1.165) is 0 Å². The molecule has 10 heteroatoms. The molecular weight excluding hydrogens is 431 g/mol. The van der Waals surface area contributed by atoms with Crippen LogP contribution in [0.2, 0.25) is 0 Å². The lowest BCUT2D eigenvalue weighted by Gasteiger charge is -2.29. The summed E-state index contributed by atoms with van der Waals surface area (Å²) >= 11 is -0.264. The number of anilines is 2. The summed E-state index contributed by atoms with van der Waals surface area (Å²) in [5.41, 5.74) is -3.19. The molecule has 3 amide bonds. The molecule has 0 fully saturated rings. The van der Waals surface area contributed by atoms with Gasteiger partial charge in [0.1, 0.15) is 6.54 Å². The third kappa shape index (κ3) is 5.57. The first-order chi connectivity index (χ1) is 14.5. The fraction of sp³-hybridized carbons (Fsp3) is 0.286. The maximum atomic E-state index is 13.1. The Kier molecular flexibility index (Phi) is 6.59. The van der Waals surface area contributed by atoms with Crippen LogP contribution in [0.3, 0.4) is 0 Å². The smallest absolute Gasteiger partial charge is 0.332 e. The summed E-state index contributed by atoms with van der Waals surface area (Å²) in [6.07, 6.45) is 0.108. The lowest BCUT2D eigenvalue weighted by Crippen LogP contribution is -2.45. The Balaban J connectivity index is 1.74. The van der Waals surface area contributed by atoms with Crippen LogP contribution in [0.1, 0.15) is 23.7 Å². The number of carbonyl (C=O) groups excluding carboxylic acids is 3. The number of para-hydroxylation sites is 2. The number of halogens is 3. The fourth-order valence-electron chi connectivity index (χ4n) is 3.34. The number of rotatable bonds is 4. The number of fused-ring (bicyclic) bond motifs is 1. The zero-order valence-corrected chi connectivity index (χ0v) is 17.6. The van der Waals surface area contributed by atoms with Gasteiger partial charge in [0.05, 0.1) is 11.4 Å². The van der Waals surface area contributed by atoms with Gasteiger partial charge in [0.25, 0.3) is 5.91 Å². The van der Waals surface area contributed by atoms with E-state index >= 15 is 0 Å². The van der Waals surface area contributed by atoms with Gasteiger partial charge in [-0.2, -0.15) is 13.2 Å². The predicted molar refractivity (Wildman–Crippen MR) is 112 cm³/mol. The predicted octanol–water partition coefficient (Wildman–Crippen LogP) is 4.13. The first-order valence-corrected chi connectivity index (χ1v) is 10.2. The zero-order chi connectivity index (χ0) is 22.8. The minimum Gasteiger partial charge on any atom is -0.332 e. The maximum absolute atomic E-state index is 13.1. The van der Waals surface area contributed by atoms with Crippen LogP contribution in [0.5, 0.6) is 0 Å². The summed E-state index contributed by atoms with van der Waals surface area (Å²) in [5, 5.41) is 2.77. The van der Waals surface area contributed by atoms with Crippen LogP contribution in [-0.4, -0.2) is 47.8 Å². The third-order valence-corrected chi connectivity index (χ3v) is 5.42. The van der Waals surface area contributed by atoms with Gasteiger partial charge in [-0.05, 0) is 55.1 Å². The van der Waals surface area contributed by atoms with Gasteiger partial charge in [-0.1, -0.05) is 12.1 Å². The molecule has 0 saturated carbocycles. The van der Waals surface area contributed by atoms with E-state index in [9.17, 15) is 27.6 Å². The van der Waals surface area contributed by atoms with Crippen molar-refractivity contribution in [1.82, 2.24) is 4.90 Å². The van der Waals surface area contributed by atoms with Crippen molar-refractivity contribution in [3.63, 3.8) is 0 Å². The molecule has 2 aromatic carbocycles. The molecule has 0 aromatic heterocycles. The van der Waals surface area contributed by atoms with Crippen LogP contribution < -0.4 is 10.2 Å². The van der Waals surface area contributed by atoms with E-state index in [0.29, 0.717) is 11.4 Å². The number of hydrogen-bond donors (Lipinski definition) is 1. The largest absolute Gasteiger partial charge is 0.446 e. The highest BCUT2D eigenvalue weighted by Crippen LogP contribution is 2.36. The van der Waals surface area contributed by atoms with Crippen LogP contribution >= 0.6 is 11.8 Å². The lowest BCUT2D eigenvalue weighted by molar-refractivity contribution is -0.119. The zero-order valence-electron chi connectivity index (χ0n) is 16.8. The number of nitrogens with zero attached hydrogens (tertiary/aromatic N) is 2. The molecular formula is C21H20F3N3O3S. The number of nitrogens with one attached hydrogen (secondary N) is 1. The topological polar surface area (TPSA) is 69.7 Å². The van der Waals surface area contributed by atoms with Crippen molar-refractivity contribution in [3.8, 4) is 0 Å². The van der Waals surface area contributed by atoms with Crippen LogP contribution in [0.15, 0.2) is 53.4 Å². The number of hydrogen-bond acceptors (Lipinski definition) is 4. The van der Waals surface area contributed by atoms with Crippen molar-refractivity contribution in [3.05, 3.63) is 54.1 Å². The molecule has 164 valence electrons. The number of likely N-dealkylation sites (N-methyl/N-ethyl adjacent to an activating group) is 1. The van der Waals surface area contributed by atoms with Crippen LogP contribution in [0, 0.1) is 0 Å². The normalized spacial score (nSPS) is 16.2. The number of alkyl halides is 3. The van der Waals surface area contributed by atoms with Gasteiger partial charge in [0.2, 0.25) is 11.8 Å². The summed E-state index contributed by atoms with van der Waals surface area (Å²) in [5.74, 6) is -1.09. The number of amides is 3. The van der Waals surface area contributed by atoms with E-state index in [1.54, 1.807) is 31.2 Å². The van der Waals surface area contributed by atoms with Crippen molar-refractivity contribution in [2.75, 3.05) is 23.8 Å². The summed E-state index contributed by atoms with van der Waals surface area (Å²) in [6, 6.07) is 11.5. The van der Waals surface area contributed by atoms with Crippen LogP contribution in [-0.2, 0) is 9.59 Å². The fourth-order valence-corrected chi connectivity index (χ4v) is 3.88. The second kappa shape index (κ2) is 9.01. The molecule has 0 bridgehead atoms. The molecule has 1 heterocycles. The minimum absolute atomic E-state index is 0.0325. The summed E-state index contributed by atoms with van der Waals surface area (Å²) in [6.45, 7) is 1.49. The Labute approximate surface area is 181 Å². The van der Waals surface area contributed by atoms with Crippen molar-refractivity contribution in [1.29, 1.82) is 0 Å². The second-order valence-corrected chi connectivity index (χ2v) is 8.25. The molecule has 0 unspecified atom stereocenters. The number of carbonyl (C=O) groups is 3. The van der Waals surface area contributed by atoms with Crippen molar-refractivity contribution in [2.45, 2.75) is 29.8 Å². The highest BCUT2D eigenvalue weighted by molar-refractivity contribution is 8.00. The van der Waals surface area contributed by atoms with Crippen molar-refractivity contribution >= 4 is 40.9 Å². The summed E-state index contributed by atoms with van der Waals surface area (Å²) < 4.78 is 37.4. The van der Waals surface area contributed by atoms with E-state index in [4.69, 9.17) is 0 Å². The average molecular weight is 451 g/mol. The molecule has 0 aliphatic carbocycles. The van der Waals surface area contributed by atoms with Gasteiger partial charge in [0.15, 0.2) is 0 Å². The van der Waals surface area contributed by atoms with E-state index in [-0.39, 0.29) is 47.0 Å². The Morgan fingerprint density at radius 1 is 1.16 bits per heavy atom. The molecule has 2 aromatic rings. The van der Waals surface area contributed by atoms with Crippen molar-refractivity contribution in [2.24, 2.45) is 0 Å². The molecule has 1 aliphatic heterocycles. The van der Waals surface area contributed by atoms with Gasteiger partial charge in [0, 0.05) is 30.0 Å². The number of benzene rings is 2. The van der Waals surface area contributed by atoms with E-state index in [2.05, 4.69) is 5.32 Å². The minimum atomic E-state index is -4.41. The monoisotopic (exact) mass is 451 g/mol. The average Bonchev–Trinajstić information content (AvgIpc) is 2.80. The van der Waals surface area contributed by atoms with Gasteiger partial charge < -0.3 is 15.1 Å². The van der Waals surface area contributed by atoms with E-state index in [1.165, 1.54) is 41.1 Å². The highest BCUT2D eigenvalue weighted by atomic mass is 32.2. The Bertz CT molecular complexity index is 995. The second-order valence-electron chi connectivity index (χ2n) is 7.12. The Hall–Kier alpha value is -3.01. The molecule has 3 rings (SSSR count). The number of thioether (sulfide) groups is 1. The molecule has 0 saturated heterocycles. The molecule has 31 heavy (non-hydrogen) atoms. The SMILES string of the molecule is C[C@@H]1CC(=O)Nc2ccccc2N1C(=O)CN(C)C(=O)c1ccc(SC(F)(F)F)cc1. The van der Waals surface area contributed by atoms with Crippen molar-refractivity contribution < 1.29 is 27.6 Å². The molecule has 6 nitrogen and oxygen atoms in total. The highest BCUT2D eigenvalue weighted by Gasteiger charge is 2.31. The summed E-state index contributed by atoms with van der Waals surface area (Å²) in [4.78, 5) is 40.4. The molecule has 1 N–H and O–H groups in total. The van der Waals surface area contributed by atoms with Gasteiger partial charge in [-0.3, -0.25) is 14.4 Å². The van der Waals surface area contributed by atoms with E-state index < -0.39 is 17.5 Å². The van der Waals surface area contributed by atoms with Crippen LogP contribution in [0.25, 0.3) is 0 Å². The quantitative estimate of drug-likeness (QED) is 0.710. The lowest BCUT2D eigenvalue weighted by atomic mass is 10.1.